The van der Waals surface area contributed by atoms with Crippen molar-refractivity contribution in [1.29, 1.82) is 0 Å². The topological polar surface area (TPSA) is 49.9 Å². The van der Waals surface area contributed by atoms with Crippen LogP contribution in [0.15, 0.2) is 40.1 Å². The van der Waals surface area contributed by atoms with E-state index >= 15 is 0 Å². The molecule has 0 fully saturated rings. The molecule has 6 heteroatoms. The Morgan fingerprint density at radius 1 is 1.32 bits per heavy atom. The van der Waals surface area contributed by atoms with Crippen molar-refractivity contribution in [2.24, 2.45) is 9.98 Å². The molecule has 0 unspecified atom stereocenters. The van der Waals surface area contributed by atoms with E-state index in [1.807, 2.05) is 31.2 Å². The average molecular weight is 289 g/mol. The van der Waals surface area contributed by atoms with Crippen molar-refractivity contribution in [1.82, 2.24) is 4.57 Å². The summed E-state index contributed by atoms with van der Waals surface area (Å²) in [7, 11) is 0. The van der Waals surface area contributed by atoms with Gasteiger partial charge in [0.05, 0.1) is 15.6 Å². The molecule has 1 aliphatic rings. The first kappa shape index (κ1) is 12.3. The second-order valence-corrected chi connectivity index (χ2v) is 5.69. The molecular formula is C13H11N3OS2. The zero-order valence-corrected chi connectivity index (χ0v) is 11.8. The largest absolute Gasteiger partial charge is 0.493 e. The zero-order valence-electron chi connectivity index (χ0n) is 10.2. The van der Waals surface area contributed by atoms with Gasteiger partial charge in [-0.1, -0.05) is 12.1 Å². The molecule has 0 saturated carbocycles. The second kappa shape index (κ2) is 4.71. The highest BCUT2D eigenvalue weighted by Crippen LogP contribution is 2.28. The van der Waals surface area contributed by atoms with E-state index in [4.69, 9.17) is 12.2 Å². The van der Waals surface area contributed by atoms with Crippen LogP contribution in [0.1, 0.15) is 11.8 Å². The van der Waals surface area contributed by atoms with E-state index in [-0.39, 0.29) is 5.88 Å². The molecule has 0 amide bonds. The van der Waals surface area contributed by atoms with Gasteiger partial charge in [0, 0.05) is 12.6 Å². The van der Waals surface area contributed by atoms with Crippen LogP contribution in [0.3, 0.4) is 0 Å². The molecule has 1 aromatic carbocycles. The van der Waals surface area contributed by atoms with E-state index in [0.717, 1.165) is 10.7 Å². The summed E-state index contributed by atoms with van der Waals surface area (Å²) < 4.78 is 2.34. The lowest BCUT2D eigenvalue weighted by atomic mass is 10.3. The Morgan fingerprint density at radius 2 is 1.95 bits per heavy atom. The lowest BCUT2D eigenvalue weighted by molar-refractivity contribution is 0.419. The molecule has 2 heterocycles. The quantitative estimate of drug-likeness (QED) is 0.862. The smallest absolute Gasteiger partial charge is 0.210 e. The number of hydrogen-bond donors (Lipinski definition) is 1. The minimum atomic E-state index is 0.186. The molecule has 1 N–H and O–H groups in total. The number of benzene rings is 1. The number of para-hydroxylation sites is 2. The van der Waals surface area contributed by atoms with E-state index in [2.05, 4.69) is 9.98 Å². The summed E-state index contributed by atoms with van der Waals surface area (Å²) >= 11 is 6.56. The van der Waals surface area contributed by atoms with Crippen LogP contribution in [-0.2, 0) is 6.54 Å². The standard InChI is InChI=1S/C13H11N3OS2/c1-2-16-12(17)10(19-13(16)18)7-11-14-8-5-3-4-6-9(8)15-11/h3-7,17H,2H2,1H3. The van der Waals surface area contributed by atoms with Crippen molar-refractivity contribution in [3.63, 3.8) is 0 Å². The van der Waals surface area contributed by atoms with Gasteiger partial charge >= 0.3 is 0 Å². The van der Waals surface area contributed by atoms with Crippen molar-refractivity contribution in [2.45, 2.75) is 13.5 Å². The van der Waals surface area contributed by atoms with Gasteiger partial charge in [-0.25, -0.2) is 9.98 Å². The summed E-state index contributed by atoms with van der Waals surface area (Å²) in [5.41, 5.74) is 0. The number of nitrogens with zero attached hydrogens (tertiary/aromatic N) is 3. The van der Waals surface area contributed by atoms with Gasteiger partial charge in [-0.3, -0.25) is 4.57 Å². The summed E-state index contributed by atoms with van der Waals surface area (Å²) in [4.78, 5) is 9.50. The Morgan fingerprint density at radius 3 is 2.47 bits per heavy atom. The molecule has 0 atom stereocenters. The molecule has 96 valence electrons. The van der Waals surface area contributed by atoms with Crippen LogP contribution in [-0.4, -0.2) is 9.67 Å². The Hall–Kier alpha value is -1.79. The van der Waals surface area contributed by atoms with Gasteiger partial charge in [-0.05, 0) is 31.3 Å². The fourth-order valence-electron chi connectivity index (χ4n) is 1.89. The lowest BCUT2D eigenvalue weighted by Crippen LogP contribution is -2.19. The van der Waals surface area contributed by atoms with Crippen LogP contribution in [0.2, 0.25) is 0 Å². The summed E-state index contributed by atoms with van der Waals surface area (Å²) in [6.07, 6.45) is 1.77. The molecule has 0 radical (unpaired) electrons. The van der Waals surface area contributed by atoms with Gasteiger partial charge < -0.3 is 5.11 Å². The number of fused-ring (bicyclic) bond motifs is 1. The third-order valence-electron chi connectivity index (χ3n) is 2.82. The average Bonchev–Trinajstić information content (AvgIpc) is 2.91. The van der Waals surface area contributed by atoms with Gasteiger partial charge in [0.2, 0.25) is 5.88 Å². The number of hydrogen-bond acceptors (Lipinski definition) is 5. The first-order valence-corrected chi connectivity index (χ1v) is 7.08. The highest BCUT2D eigenvalue weighted by Gasteiger charge is 2.10. The lowest BCUT2D eigenvalue weighted by Gasteiger charge is -1.98. The van der Waals surface area contributed by atoms with Gasteiger partial charge in [0.15, 0.2) is 9.78 Å². The summed E-state index contributed by atoms with van der Waals surface area (Å²) in [6.45, 7) is 2.60. The number of aromatic hydroxyl groups is 1. The zero-order chi connectivity index (χ0) is 13.4. The van der Waals surface area contributed by atoms with Crippen molar-refractivity contribution >= 4 is 29.6 Å². The van der Waals surface area contributed by atoms with Gasteiger partial charge in [0.25, 0.3) is 0 Å². The fraction of sp³-hybridized carbons (Fsp3) is 0.154. The molecule has 0 saturated heterocycles. The number of aromatic nitrogens is 1. The molecule has 3 rings (SSSR count). The molecule has 19 heavy (non-hydrogen) atoms. The van der Waals surface area contributed by atoms with E-state index < -0.39 is 0 Å². The van der Waals surface area contributed by atoms with Crippen LogP contribution >= 0.6 is 23.6 Å². The predicted octanol–water partition coefficient (Wildman–Crippen LogP) is 2.26. The van der Waals surface area contributed by atoms with E-state index in [1.54, 1.807) is 10.6 Å². The minimum Gasteiger partial charge on any atom is -0.493 e. The van der Waals surface area contributed by atoms with Crippen LogP contribution in [0.4, 0.5) is 0 Å². The maximum Gasteiger partial charge on any atom is 0.210 e. The summed E-state index contributed by atoms with van der Waals surface area (Å²) in [5.74, 6) is 0.780. The van der Waals surface area contributed by atoms with Gasteiger partial charge in [-0.15, -0.1) is 11.3 Å². The molecule has 0 spiro atoms. The molecule has 1 aliphatic heterocycles. The number of thiazole rings is 1. The SMILES string of the molecule is CCn1c(O)c(C=C2N=c3ccccc3=N2)sc1=S. The highest BCUT2D eigenvalue weighted by atomic mass is 32.1. The molecule has 1 aromatic heterocycles. The molecule has 0 bridgehead atoms. The van der Waals surface area contributed by atoms with Crippen LogP contribution < -0.4 is 10.7 Å². The normalized spacial score (nSPS) is 12.8. The highest BCUT2D eigenvalue weighted by molar-refractivity contribution is 7.73. The minimum absolute atomic E-state index is 0.186. The first-order chi connectivity index (χ1) is 9.19. The predicted molar refractivity (Wildman–Crippen MR) is 77.2 cm³/mol. The van der Waals surface area contributed by atoms with Gasteiger partial charge in [-0.2, -0.15) is 0 Å². The van der Waals surface area contributed by atoms with Crippen molar-refractivity contribution < 1.29 is 5.11 Å². The second-order valence-electron chi connectivity index (χ2n) is 4.01. The maximum absolute atomic E-state index is 10.1. The van der Waals surface area contributed by atoms with Crippen molar-refractivity contribution in [3.8, 4) is 5.88 Å². The van der Waals surface area contributed by atoms with Crippen LogP contribution in [0.25, 0.3) is 6.08 Å². The van der Waals surface area contributed by atoms with Crippen LogP contribution in [0, 0.1) is 3.95 Å². The molecule has 0 aliphatic carbocycles. The molecule has 4 nitrogen and oxygen atoms in total. The van der Waals surface area contributed by atoms with E-state index in [0.29, 0.717) is 21.2 Å². The molecular weight excluding hydrogens is 278 g/mol. The molecule has 2 aromatic rings. The van der Waals surface area contributed by atoms with E-state index in [1.165, 1.54) is 11.3 Å². The van der Waals surface area contributed by atoms with E-state index in [9.17, 15) is 5.11 Å². The Balaban J connectivity index is 2.10. The number of rotatable bonds is 2. The van der Waals surface area contributed by atoms with Crippen molar-refractivity contribution in [2.75, 3.05) is 0 Å². The Labute approximate surface area is 118 Å². The Bertz CT molecular complexity index is 809. The summed E-state index contributed by atoms with van der Waals surface area (Å²) in [6, 6.07) is 7.68. The van der Waals surface area contributed by atoms with Crippen molar-refractivity contribution in [3.05, 3.63) is 49.6 Å². The maximum atomic E-state index is 10.1. The third kappa shape index (κ3) is 2.13. The third-order valence-corrected chi connectivity index (χ3v) is 4.21. The fourth-order valence-corrected chi connectivity index (χ4v) is 3.26. The Kier molecular flexibility index (Phi) is 3.04. The first-order valence-electron chi connectivity index (χ1n) is 5.86. The summed E-state index contributed by atoms with van der Waals surface area (Å²) in [5, 5.41) is 11.8. The van der Waals surface area contributed by atoms with Gasteiger partial charge in [0.1, 0.15) is 0 Å². The van der Waals surface area contributed by atoms with Crippen LogP contribution in [0.5, 0.6) is 5.88 Å². The monoisotopic (exact) mass is 289 g/mol.